The number of halogens is 2. The van der Waals surface area contributed by atoms with E-state index in [0.29, 0.717) is 5.69 Å². The predicted octanol–water partition coefficient (Wildman–Crippen LogP) is 0.850. The normalized spacial score (nSPS) is 11.0. The fraction of sp³-hybridized carbons (Fsp3) is 0.500. The van der Waals surface area contributed by atoms with Gasteiger partial charge in [0.15, 0.2) is 0 Å². The molecule has 0 fully saturated rings. The van der Waals surface area contributed by atoms with Gasteiger partial charge in [-0.25, -0.2) is 8.78 Å². The van der Waals surface area contributed by atoms with Gasteiger partial charge in [-0.1, -0.05) is 0 Å². The van der Waals surface area contributed by atoms with Crippen molar-refractivity contribution in [2.45, 2.75) is 13.0 Å². The Morgan fingerprint density at radius 2 is 2.36 bits per heavy atom. The van der Waals surface area contributed by atoms with Gasteiger partial charge >= 0.3 is 0 Å². The average molecular weight is 162 g/mol. The maximum atomic E-state index is 11.9. The van der Waals surface area contributed by atoms with Crippen LogP contribution < -0.4 is 0 Å². The van der Waals surface area contributed by atoms with Crippen molar-refractivity contribution < 1.29 is 13.9 Å². The molecule has 0 spiro atoms. The SMILES string of the molecule is Cn1nc(C(F)F)cc1CO. The first-order valence-corrected chi connectivity index (χ1v) is 3.07. The van der Waals surface area contributed by atoms with Crippen LogP contribution in [0.5, 0.6) is 0 Å². The second-order valence-corrected chi connectivity index (χ2v) is 2.14. The Morgan fingerprint density at radius 1 is 1.73 bits per heavy atom. The third kappa shape index (κ3) is 1.54. The van der Waals surface area contributed by atoms with Gasteiger partial charge in [0.1, 0.15) is 5.69 Å². The highest BCUT2D eigenvalue weighted by Gasteiger charge is 2.12. The molecule has 0 aliphatic rings. The third-order valence-electron chi connectivity index (χ3n) is 1.38. The first-order valence-electron chi connectivity index (χ1n) is 3.07. The molecule has 0 aliphatic heterocycles. The molecule has 0 radical (unpaired) electrons. The number of nitrogens with zero attached hydrogens (tertiary/aromatic N) is 2. The van der Waals surface area contributed by atoms with Gasteiger partial charge in [-0.2, -0.15) is 5.10 Å². The number of aliphatic hydroxyl groups excluding tert-OH is 1. The summed E-state index contributed by atoms with van der Waals surface area (Å²) in [6.45, 7) is -0.268. The smallest absolute Gasteiger partial charge is 0.282 e. The molecule has 0 amide bonds. The second kappa shape index (κ2) is 2.96. The van der Waals surface area contributed by atoms with E-state index in [9.17, 15) is 8.78 Å². The lowest BCUT2D eigenvalue weighted by molar-refractivity contribution is 0.145. The largest absolute Gasteiger partial charge is 0.390 e. The van der Waals surface area contributed by atoms with Gasteiger partial charge < -0.3 is 5.11 Å². The van der Waals surface area contributed by atoms with Crippen LogP contribution in [0.25, 0.3) is 0 Å². The van der Waals surface area contributed by atoms with Crippen molar-refractivity contribution in [3.8, 4) is 0 Å². The summed E-state index contributed by atoms with van der Waals surface area (Å²) in [5, 5.41) is 12.1. The van der Waals surface area contributed by atoms with Gasteiger partial charge in [0.2, 0.25) is 0 Å². The Kier molecular flexibility index (Phi) is 2.19. The topological polar surface area (TPSA) is 38.0 Å². The molecular weight excluding hydrogens is 154 g/mol. The highest BCUT2D eigenvalue weighted by atomic mass is 19.3. The Hall–Kier alpha value is -0.970. The van der Waals surface area contributed by atoms with E-state index in [0.717, 1.165) is 0 Å². The molecule has 1 heterocycles. The van der Waals surface area contributed by atoms with Crippen molar-refractivity contribution in [3.63, 3.8) is 0 Å². The molecule has 0 saturated heterocycles. The predicted molar refractivity (Wildman–Crippen MR) is 34.1 cm³/mol. The van der Waals surface area contributed by atoms with E-state index in [4.69, 9.17) is 5.11 Å². The summed E-state index contributed by atoms with van der Waals surface area (Å²) in [6, 6.07) is 1.19. The maximum absolute atomic E-state index is 11.9. The lowest BCUT2D eigenvalue weighted by Gasteiger charge is -1.92. The highest BCUT2D eigenvalue weighted by Crippen LogP contribution is 2.17. The molecule has 0 atom stereocenters. The van der Waals surface area contributed by atoms with Crippen molar-refractivity contribution in [3.05, 3.63) is 17.5 Å². The van der Waals surface area contributed by atoms with E-state index in [-0.39, 0.29) is 12.3 Å². The molecule has 62 valence electrons. The number of aryl methyl sites for hydroxylation is 1. The van der Waals surface area contributed by atoms with E-state index in [2.05, 4.69) is 5.10 Å². The van der Waals surface area contributed by atoms with E-state index in [1.807, 2.05) is 0 Å². The van der Waals surface area contributed by atoms with Crippen LogP contribution in [-0.4, -0.2) is 14.9 Å². The molecule has 3 nitrogen and oxygen atoms in total. The Balaban J connectivity index is 2.95. The van der Waals surface area contributed by atoms with E-state index in [1.165, 1.54) is 17.8 Å². The summed E-state index contributed by atoms with van der Waals surface area (Å²) in [6.07, 6.45) is -2.57. The summed E-state index contributed by atoms with van der Waals surface area (Å²) < 4.78 is 25.1. The number of rotatable bonds is 2. The van der Waals surface area contributed by atoms with Gasteiger partial charge in [-0.05, 0) is 6.07 Å². The molecule has 1 N–H and O–H groups in total. The molecule has 0 aromatic carbocycles. The third-order valence-corrected chi connectivity index (χ3v) is 1.38. The summed E-state index contributed by atoms with van der Waals surface area (Å²) in [7, 11) is 1.51. The summed E-state index contributed by atoms with van der Waals surface area (Å²) in [5.41, 5.74) is 0.0943. The Labute approximate surface area is 62.3 Å². The molecule has 5 heteroatoms. The molecule has 0 bridgehead atoms. The van der Waals surface area contributed by atoms with E-state index < -0.39 is 6.43 Å². The van der Waals surface area contributed by atoms with Crippen LogP contribution in [0.4, 0.5) is 8.78 Å². The van der Waals surface area contributed by atoms with Crippen LogP contribution in [-0.2, 0) is 13.7 Å². The quantitative estimate of drug-likeness (QED) is 0.700. The number of hydrogen-bond donors (Lipinski definition) is 1. The van der Waals surface area contributed by atoms with Gasteiger partial charge in [-0.15, -0.1) is 0 Å². The molecule has 0 aliphatic carbocycles. The molecule has 11 heavy (non-hydrogen) atoms. The van der Waals surface area contributed by atoms with Crippen molar-refractivity contribution in [2.75, 3.05) is 0 Å². The number of aliphatic hydroxyl groups is 1. The zero-order valence-corrected chi connectivity index (χ0v) is 5.96. The fourth-order valence-corrected chi connectivity index (χ4v) is 0.785. The zero-order valence-electron chi connectivity index (χ0n) is 5.96. The van der Waals surface area contributed by atoms with Crippen molar-refractivity contribution in [1.82, 2.24) is 9.78 Å². The van der Waals surface area contributed by atoms with Crippen LogP contribution in [0.15, 0.2) is 6.07 Å². The van der Waals surface area contributed by atoms with Crippen LogP contribution >= 0.6 is 0 Å². The Bertz CT molecular complexity index is 247. The minimum Gasteiger partial charge on any atom is -0.390 e. The van der Waals surface area contributed by atoms with E-state index in [1.54, 1.807) is 0 Å². The van der Waals surface area contributed by atoms with Crippen LogP contribution in [0.1, 0.15) is 17.8 Å². The fourth-order valence-electron chi connectivity index (χ4n) is 0.785. The van der Waals surface area contributed by atoms with Gasteiger partial charge in [-0.3, -0.25) is 4.68 Å². The van der Waals surface area contributed by atoms with Crippen LogP contribution in [0.3, 0.4) is 0 Å². The molecule has 1 aromatic rings. The lowest BCUT2D eigenvalue weighted by Crippen LogP contribution is -1.97. The van der Waals surface area contributed by atoms with Crippen LogP contribution in [0, 0.1) is 0 Å². The second-order valence-electron chi connectivity index (χ2n) is 2.14. The number of aromatic nitrogens is 2. The van der Waals surface area contributed by atoms with Crippen molar-refractivity contribution in [1.29, 1.82) is 0 Å². The van der Waals surface area contributed by atoms with Crippen molar-refractivity contribution in [2.24, 2.45) is 7.05 Å². The lowest BCUT2D eigenvalue weighted by atomic mass is 10.4. The summed E-state index contributed by atoms with van der Waals surface area (Å²) >= 11 is 0. The first kappa shape index (κ1) is 8.13. The molecule has 0 unspecified atom stereocenters. The standard InChI is InChI=1S/C6H8F2N2O/c1-10-4(3-11)2-5(9-10)6(7)8/h2,6,11H,3H2,1H3. The minimum atomic E-state index is -2.57. The van der Waals surface area contributed by atoms with E-state index >= 15 is 0 Å². The molecule has 1 aromatic heterocycles. The maximum Gasteiger partial charge on any atom is 0.282 e. The highest BCUT2D eigenvalue weighted by molar-refractivity contribution is 5.10. The molecule has 1 rings (SSSR count). The zero-order chi connectivity index (χ0) is 8.43. The molecule has 0 saturated carbocycles. The summed E-state index contributed by atoms with van der Waals surface area (Å²) in [5.74, 6) is 0. The Morgan fingerprint density at radius 3 is 2.64 bits per heavy atom. The monoisotopic (exact) mass is 162 g/mol. The first-order chi connectivity index (χ1) is 5.15. The van der Waals surface area contributed by atoms with Gasteiger partial charge in [0.25, 0.3) is 6.43 Å². The van der Waals surface area contributed by atoms with Gasteiger partial charge in [0, 0.05) is 7.05 Å². The van der Waals surface area contributed by atoms with Crippen LogP contribution in [0.2, 0.25) is 0 Å². The van der Waals surface area contributed by atoms with Gasteiger partial charge in [0.05, 0.1) is 12.3 Å². The average Bonchev–Trinajstić information content (AvgIpc) is 2.31. The molecular formula is C6H8F2N2O. The summed E-state index contributed by atoms with van der Waals surface area (Å²) in [4.78, 5) is 0. The number of alkyl halides is 2. The minimum absolute atomic E-state index is 0.268. The van der Waals surface area contributed by atoms with Crippen molar-refractivity contribution >= 4 is 0 Å². The number of hydrogen-bond acceptors (Lipinski definition) is 2.